The molecular weight excluding hydrogens is 287 g/mol. The molecule has 0 aliphatic heterocycles. The van der Waals surface area contributed by atoms with E-state index in [-0.39, 0.29) is 22.0 Å². The maximum Gasteiger partial charge on any atom is 0.434 e. The summed E-state index contributed by atoms with van der Waals surface area (Å²) in [7, 11) is 0. The van der Waals surface area contributed by atoms with E-state index in [4.69, 9.17) is 5.73 Å². The van der Waals surface area contributed by atoms with Crippen LogP contribution in [-0.2, 0) is 12.7 Å². The Bertz CT molecular complexity index is 606. The van der Waals surface area contributed by atoms with E-state index in [1.54, 1.807) is 0 Å². The van der Waals surface area contributed by atoms with Crippen LogP contribution in [0.25, 0.3) is 10.6 Å². The third kappa shape index (κ3) is 2.74. The molecule has 8 heteroatoms. The Morgan fingerprint density at radius 3 is 2.42 bits per heavy atom. The summed E-state index contributed by atoms with van der Waals surface area (Å²) in [5.74, 6) is -1.60. The van der Waals surface area contributed by atoms with Gasteiger partial charge in [0.25, 0.3) is 0 Å². The van der Waals surface area contributed by atoms with Gasteiger partial charge >= 0.3 is 6.18 Å². The highest BCUT2D eigenvalue weighted by Crippen LogP contribution is 2.38. The second-order valence-corrected chi connectivity index (χ2v) is 4.70. The molecule has 2 nitrogen and oxygen atoms in total. The summed E-state index contributed by atoms with van der Waals surface area (Å²) in [5, 5.41) is -0.246. The number of halogens is 5. The Morgan fingerprint density at radius 2 is 1.89 bits per heavy atom. The van der Waals surface area contributed by atoms with Gasteiger partial charge < -0.3 is 5.73 Å². The Kier molecular flexibility index (Phi) is 3.55. The van der Waals surface area contributed by atoms with E-state index in [0.29, 0.717) is 11.3 Å². The number of aromatic nitrogens is 1. The lowest BCUT2D eigenvalue weighted by Gasteiger charge is -2.03. The average Bonchev–Trinajstić information content (AvgIpc) is 2.76. The number of nitrogens with two attached hydrogens (primary N) is 1. The highest BCUT2D eigenvalue weighted by Gasteiger charge is 2.37. The van der Waals surface area contributed by atoms with Gasteiger partial charge in [-0.15, -0.1) is 11.3 Å². The van der Waals surface area contributed by atoms with Crippen LogP contribution in [0.15, 0.2) is 18.2 Å². The smallest absolute Gasteiger partial charge is 0.326 e. The number of nitrogens with zero attached hydrogens (tertiary/aromatic N) is 1. The lowest BCUT2D eigenvalue weighted by molar-refractivity contribution is -0.141. The molecule has 19 heavy (non-hydrogen) atoms. The predicted octanol–water partition coefficient (Wildman–Crippen LogP) is 3.57. The van der Waals surface area contributed by atoms with Gasteiger partial charge in [-0.25, -0.2) is 13.8 Å². The zero-order valence-electron chi connectivity index (χ0n) is 9.26. The van der Waals surface area contributed by atoms with Crippen molar-refractivity contribution in [2.24, 2.45) is 5.73 Å². The highest BCUT2D eigenvalue weighted by atomic mass is 32.1. The summed E-state index contributed by atoms with van der Waals surface area (Å²) in [6.45, 7) is -0.372. The second-order valence-electron chi connectivity index (χ2n) is 3.62. The first-order chi connectivity index (χ1) is 8.82. The van der Waals surface area contributed by atoms with E-state index in [1.165, 1.54) is 0 Å². The molecule has 0 bridgehead atoms. The van der Waals surface area contributed by atoms with E-state index < -0.39 is 23.5 Å². The molecule has 0 fully saturated rings. The number of alkyl halides is 3. The summed E-state index contributed by atoms with van der Waals surface area (Å²) in [4.78, 5) is 3.11. The molecule has 2 N–H and O–H groups in total. The minimum Gasteiger partial charge on any atom is -0.326 e. The van der Waals surface area contributed by atoms with Crippen molar-refractivity contribution in [3.05, 3.63) is 40.4 Å². The van der Waals surface area contributed by atoms with Gasteiger partial charge in [-0.05, 0) is 18.2 Å². The van der Waals surface area contributed by atoms with Gasteiger partial charge in [-0.1, -0.05) is 0 Å². The number of thiazole rings is 1. The molecular formula is C11H7F5N2S. The zero-order chi connectivity index (χ0) is 14.2. The maximum absolute atomic E-state index is 13.5. The van der Waals surface area contributed by atoms with E-state index in [0.717, 1.165) is 18.2 Å². The fourth-order valence-corrected chi connectivity index (χ4v) is 2.47. The van der Waals surface area contributed by atoms with Gasteiger partial charge in [0.05, 0.1) is 4.88 Å². The molecule has 1 aromatic heterocycles. The fourth-order valence-electron chi connectivity index (χ4n) is 1.49. The molecule has 1 heterocycles. The minimum atomic E-state index is -4.67. The third-order valence-corrected chi connectivity index (χ3v) is 3.42. The highest BCUT2D eigenvalue weighted by molar-refractivity contribution is 7.15. The van der Waals surface area contributed by atoms with E-state index in [2.05, 4.69) is 4.98 Å². The van der Waals surface area contributed by atoms with Gasteiger partial charge in [0.1, 0.15) is 16.6 Å². The lowest BCUT2D eigenvalue weighted by atomic mass is 10.2. The second kappa shape index (κ2) is 4.86. The number of hydrogen-bond acceptors (Lipinski definition) is 3. The predicted molar refractivity (Wildman–Crippen MR) is 60.4 cm³/mol. The van der Waals surface area contributed by atoms with Gasteiger partial charge in [0, 0.05) is 12.1 Å². The molecule has 0 radical (unpaired) electrons. The van der Waals surface area contributed by atoms with Crippen molar-refractivity contribution in [3.63, 3.8) is 0 Å². The number of benzene rings is 1. The van der Waals surface area contributed by atoms with Crippen LogP contribution < -0.4 is 5.73 Å². The van der Waals surface area contributed by atoms with Crippen LogP contribution in [0.2, 0.25) is 0 Å². The van der Waals surface area contributed by atoms with Crippen molar-refractivity contribution in [3.8, 4) is 10.6 Å². The standard InChI is InChI=1S/C11H7F5N2S/c12-5-1-2-7(13)6(3-5)10-18-9(11(14,15)16)8(4-17)19-10/h1-3H,4,17H2. The normalized spacial score (nSPS) is 11.9. The van der Waals surface area contributed by atoms with Crippen molar-refractivity contribution in [2.75, 3.05) is 0 Å². The Balaban J connectivity index is 2.58. The fraction of sp³-hybridized carbons (Fsp3) is 0.182. The van der Waals surface area contributed by atoms with Gasteiger partial charge in [0.15, 0.2) is 5.69 Å². The van der Waals surface area contributed by atoms with Crippen molar-refractivity contribution in [1.29, 1.82) is 0 Å². The van der Waals surface area contributed by atoms with Crippen molar-refractivity contribution in [1.82, 2.24) is 4.98 Å². The van der Waals surface area contributed by atoms with Crippen LogP contribution in [0.5, 0.6) is 0 Å². The van der Waals surface area contributed by atoms with Crippen LogP contribution in [-0.4, -0.2) is 4.98 Å². The molecule has 0 saturated heterocycles. The average molecular weight is 294 g/mol. The first-order valence-corrected chi connectivity index (χ1v) is 5.87. The van der Waals surface area contributed by atoms with E-state index in [9.17, 15) is 22.0 Å². The van der Waals surface area contributed by atoms with Crippen LogP contribution >= 0.6 is 11.3 Å². The molecule has 102 valence electrons. The first-order valence-electron chi connectivity index (χ1n) is 5.05. The molecule has 0 aliphatic rings. The van der Waals surface area contributed by atoms with E-state index >= 15 is 0 Å². The van der Waals surface area contributed by atoms with Crippen molar-refractivity contribution in [2.45, 2.75) is 12.7 Å². The quantitative estimate of drug-likeness (QED) is 0.860. The largest absolute Gasteiger partial charge is 0.434 e. The molecule has 0 aliphatic carbocycles. The Morgan fingerprint density at radius 1 is 1.21 bits per heavy atom. The van der Waals surface area contributed by atoms with Crippen LogP contribution in [0.4, 0.5) is 22.0 Å². The summed E-state index contributed by atoms with van der Waals surface area (Å²) >= 11 is 0.600. The molecule has 2 aromatic rings. The molecule has 0 unspecified atom stereocenters. The van der Waals surface area contributed by atoms with Gasteiger partial charge in [0.2, 0.25) is 0 Å². The van der Waals surface area contributed by atoms with Gasteiger partial charge in [-0.2, -0.15) is 13.2 Å². The topological polar surface area (TPSA) is 38.9 Å². The molecule has 0 saturated carbocycles. The SMILES string of the molecule is NCc1sc(-c2cc(F)ccc2F)nc1C(F)(F)F. The molecule has 1 aromatic carbocycles. The Hall–Kier alpha value is -1.54. The first kappa shape index (κ1) is 13.9. The number of hydrogen-bond donors (Lipinski definition) is 1. The summed E-state index contributed by atoms with van der Waals surface area (Å²) < 4.78 is 64.5. The molecule has 2 rings (SSSR count). The van der Waals surface area contributed by atoms with Gasteiger partial charge in [-0.3, -0.25) is 0 Å². The minimum absolute atomic E-state index is 0.217. The summed E-state index contributed by atoms with van der Waals surface area (Å²) in [5.41, 5.74) is 3.75. The Labute approximate surface area is 108 Å². The third-order valence-electron chi connectivity index (χ3n) is 2.31. The molecule has 0 atom stereocenters. The summed E-state index contributed by atoms with van der Waals surface area (Å²) in [6.07, 6.45) is -4.67. The molecule has 0 amide bonds. The number of rotatable bonds is 2. The monoisotopic (exact) mass is 294 g/mol. The molecule has 0 spiro atoms. The van der Waals surface area contributed by atoms with Crippen LogP contribution in [0, 0.1) is 11.6 Å². The summed E-state index contributed by atoms with van der Waals surface area (Å²) in [6, 6.07) is 2.51. The van der Waals surface area contributed by atoms with E-state index in [1.807, 2.05) is 0 Å². The van der Waals surface area contributed by atoms with Crippen LogP contribution in [0.1, 0.15) is 10.6 Å². The van der Waals surface area contributed by atoms with Crippen molar-refractivity contribution < 1.29 is 22.0 Å². The van der Waals surface area contributed by atoms with Crippen LogP contribution in [0.3, 0.4) is 0 Å². The van der Waals surface area contributed by atoms with Crippen molar-refractivity contribution >= 4 is 11.3 Å². The maximum atomic E-state index is 13.5. The zero-order valence-corrected chi connectivity index (χ0v) is 10.1. The lowest BCUT2D eigenvalue weighted by Crippen LogP contribution is -2.10.